The fourth-order valence-corrected chi connectivity index (χ4v) is 2.42. The summed E-state index contributed by atoms with van der Waals surface area (Å²) in [5, 5.41) is 22.5. The van der Waals surface area contributed by atoms with Crippen LogP contribution in [0.1, 0.15) is 33.6 Å². The quantitative estimate of drug-likeness (QED) is 0.397. The van der Waals surface area contributed by atoms with Gasteiger partial charge in [0.1, 0.15) is 0 Å². The van der Waals surface area contributed by atoms with E-state index in [9.17, 15) is 0 Å². The molecule has 1 N–H and O–H groups in total. The molecule has 3 atom stereocenters. The Morgan fingerprint density at radius 2 is 2.00 bits per heavy atom. The van der Waals surface area contributed by atoms with E-state index in [1.165, 1.54) is 6.42 Å². The molecule has 0 heterocycles. The molecule has 1 aliphatic rings. The van der Waals surface area contributed by atoms with Crippen LogP contribution in [-0.2, 0) is 25.0 Å². The Kier molecular flexibility index (Phi) is 6.18. The SMILES string of the molecule is CC(C)CC1C(C)CC1COOOOOO. The lowest BCUT2D eigenvalue weighted by molar-refractivity contribution is -0.753. The molecule has 0 aromatic carbocycles. The maximum Gasteiger partial charge on any atom is 0.0885 e. The Bertz CT molecular complexity index is 186. The van der Waals surface area contributed by atoms with Gasteiger partial charge in [-0.2, -0.15) is 0 Å². The fourth-order valence-electron chi connectivity index (χ4n) is 2.42. The second kappa shape index (κ2) is 7.16. The molecule has 6 nitrogen and oxygen atoms in total. The van der Waals surface area contributed by atoms with Gasteiger partial charge in [-0.25, -0.2) is 10.1 Å². The minimum absolute atomic E-state index is 0.455. The van der Waals surface area contributed by atoms with Crippen molar-refractivity contribution in [2.24, 2.45) is 23.7 Å². The van der Waals surface area contributed by atoms with E-state index in [-0.39, 0.29) is 0 Å². The maximum absolute atomic E-state index is 7.73. The van der Waals surface area contributed by atoms with Crippen molar-refractivity contribution in [3.63, 3.8) is 0 Å². The maximum atomic E-state index is 7.73. The highest BCUT2D eigenvalue weighted by Gasteiger charge is 2.38. The minimum atomic E-state index is 0.455. The number of hydrogen-bond acceptors (Lipinski definition) is 6. The Balaban J connectivity index is 2.08. The first-order valence-corrected chi connectivity index (χ1v) is 5.58. The van der Waals surface area contributed by atoms with Crippen LogP contribution in [0.5, 0.6) is 0 Å². The Morgan fingerprint density at radius 1 is 1.25 bits per heavy atom. The van der Waals surface area contributed by atoms with E-state index in [0.717, 1.165) is 12.3 Å². The van der Waals surface area contributed by atoms with Crippen LogP contribution in [0, 0.1) is 23.7 Å². The van der Waals surface area contributed by atoms with Crippen molar-refractivity contribution in [3.8, 4) is 0 Å². The molecule has 0 aromatic heterocycles. The minimum Gasteiger partial charge on any atom is -0.219 e. The van der Waals surface area contributed by atoms with Crippen LogP contribution in [0.2, 0.25) is 0 Å². The highest BCUT2D eigenvalue weighted by molar-refractivity contribution is 4.86. The summed E-state index contributed by atoms with van der Waals surface area (Å²) in [5.41, 5.74) is 0. The van der Waals surface area contributed by atoms with Crippen LogP contribution in [0.15, 0.2) is 0 Å². The predicted molar refractivity (Wildman–Crippen MR) is 53.1 cm³/mol. The zero-order valence-electron chi connectivity index (χ0n) is 9.92. The lowest BCUT2D eigenvalue weighted by Crippen LogP contribution is -2.38. The van der Waals surface area contributed by atoms with E-state index in [4.69, 9.17) is 10.1 Å². The third-order valence-corrected chi connectivity index (χ3v) is 3.17. The van der Waals surface area contributed by atoms with Crippen LogP contribution < -0.4 is 0 Å². The van der Waals surface area contributed by atoms with Gasteiger partial charge in [0.05, 0.1) is 6.61 Å². The molecule has 6 heteroatoms. The van der Waals surface area contributed by atoms with Gasteiger partial charge in [0.2, 0.25) is 0 Å². The molecule has 1 rings (SSSR count). The molecule has 1 fully saturated rings. The molecule has 1 saturated carbocycles. The van der Waals surface area contributed by atoms with Crippen LogP contribution in [0.3, 0.4) is 0 Å². The van der Waals surface area contributed by atoms with Crippen molar-refractivity contribution < 1.29 is 30.3 Å². The summed E-state index contributed by atoms with van der Waals surface area (Å²) >= 11 is 0. The molecular weight excluding hydrogens is 216 g/mol. The van der Waals surface area contributed by atoms with Gasteiger partial charge >= 0.3 is 0 Å². The molecule has 0 spiro atoms. The highest BCUT2D eigenvalue weighted by atomic mass is 17.8. The summed E-state index contributed by atoms with van der Waals surface area (Å²) in [7, 11) is 0. The lowest BCUT2D eigenvalue weighted by Gasteiger charge is -2.43. The Morgan fingerprint density at radius 3 is 2.56 bits per heavy atom. The molecule has 0 amide bonds. The van der Waals surface area contributed by atoms with Crippen molar-refractivity contribution in [1.29, 1.82) is 0 Å². The summed E-state index contributed by atoms with van der Waals surface area (Å²) in [6.45, 7) is 7.14. The van der Waals surface area contributed by atoms with Gasteiger partial charge in [-0.1, -0.05) is 20.8 Å². The third-order valence-electron chi connectivity index (χ3n) is 3.17. The summed E-state index contributed by atoms with van der Waals surface area (Å²) in [6, 6.07) is 0. The smallest absolute Gasteiger partial charge is 0.0885 e. The van der Waals surface area contributed by atoms with Gasteiger partial charge < -0.3 is 0 Å². The molecule has 0 radical (unpaired) electrons. The molecule has 3 unspecified atom stereocenters. The van der Waals surface area contributed by atoms with E-state index in [1.54, 1.807) is 0 Å². The van der Waals surface area contributed by atoms with Crippen LogP contribution in [0.4, 0.5) is 0 Å². The van der Waals surface area contributed by atoms with Crippen LogP contribution >= 0.6 is 0 Å². The Hall–Kier alpha value is -0.240. The van der Waals surface area contributed by atoms with Gasteiger partial charge in [-0.15, -0.1) is 0 Å². The summed E-state index contributed by atoms with van der Waals surface area (Å²) < 4.78 is 0. The number of hydrogen-bond donors (Lipinski definition) is 1. The summed E-state index contributed by atoms with van der Waals surface area (Å²) in [5.74, 6) is 2.61. The molecular formula is C10H20O6. The molecule has 0 aromatic rings. The first-order chi connectivity index (χ1) is 7.65. The molecule has 0 saturated heterocycles. The van der Waals surface area contributed by atoms with Crippen molar-refractivity contribution >= 4 is 0 Å². The van der Waals surface area contributed by atoms with Gasteiger partial charge in [-0.3, -0.25) is 0 Å². The van der Waals surface area contributed by atoms with Crippen molar-refractivity contribution in [3.05, 3.63) is 0 Å². The zero-order chi connectivity index (χ0) is 12.0. The topological polar surface area (TPSA) is 66.4 Å². The normalized spacial score (nSPS) is 29.4. The zero-order valence-corrected chi connectivity index (χ0v) is 9.92. The standard InChI is InChI=1S/C10H20O6/c1-7(2)4-10-8(3)5-9(10)6-12-14-16-15-13-11/h7-11H,4-6H2,1-3H3. The second-order valence-electron chi connectivity index (χ2n) is 4.83. The van der Waals surface area contributed by atoms with E-state index in [0.29, 0.717) is 24.4 Å². The summed E-state index contributed by atoms with van der Waals surface area (Å²) in [4.78, 5) is 4.76. The monoisotopic (exact) mass is 236 g/mol. The first kappa shape index (κ1) is 13.8. The highest BCUT2D eigenvalue weighted by Crippen LogP contribution is 2.43. The molecule has 0 aliphatic heterocycles. The van der Waals surface area contributed by atoms with Crippen molar-refractivity contribution in [2.75, 3.05) is 6.61 Å². The van der Waals surface area contributed by atoms with Crippen molar-refractivity contribution in [1.82, 2.24) is 0 Å². The first-order valence-electron chi connectivity index (χ1n) is 5.58. The van der Waals surface area contributed by atoms with E-state index < -0.39 is 0 Å². The molecule has 96 valence electrons. The van der Waals surface area contributed by atoms with E-state index in [2.05, 4.69) is 40.9 Å². The molecule has 0 bridgehead atoms. The third kappa shape index (κ3) is 4.32. The largest absolute Gasteiger partial charge is 0.219 e. The van der Waals surface area contributed by atoms with E-state index >= 15 is 0 Å². The van der Waals surface area contributed by atoms with Gasteiger partial charge in [0.25, 0.3) is 0 Å². The predicted octanol–water partition coefficient (Wildman–Crippen LogP) is 2.52. The number of rotatable bonds is 8. The fraction of sp³-hybridized carbons (Fsp3) is 1.00. The molecule has 16 heavy (non-hydrogen) atoms. The average molecular weight is 236 g/mol. The van der Waals surface area contributed by atoms with Gasteiger partial charge in [0.15, 0.2) is 0 Å². The van der Waals surface area contributed by atoms with Gasteiger partial charge in [0, 0.05) is 0 Å². The lowest BCUT2D eigenvalue weighted by atomic mass is 9.63. The van der Waals surface area contributed by atoms with Gasteiger partial charge in [-0.05, 0) is 56.7 Å². The average Bonchev–Trinajstić information content (AvgIpc) is 2.24. The van der Waals surface area contributed by atoms with Crippen LogP contribution in [0.25, 0.3) is 0 Å². The second-order valence-corrected chi connectivity index (χ2v) is 4.83. The van der Waals surface area contributed by atoms with E-state index in [1.807, 2.05) is 0 Å². The summed E-state index contributed by atoms with van der Waals surface area (Å²) in [6.07, 6.45) is 2.34. The van der Waals surface area contributed by atoms with Crippen molar-refractivity contribution in [2.45, 2.75) is 33.6 Å². The van der Waals surface area contributed by atoms with Crippen LogP contribution in [-0.4, -0.2) is 11.9 Å². The Labute approximate surface area is 95.0 Å². The molecule has 1 aliphatic carbocycles.